The van der Waals surface area contributed by atoms with Crippen molar-refractivity contribution in [1.29, 1.82) is 0 Å². The van der Waals surface area contributed by atoms with Crippen LogP contribution in [-0.2, 0) is 13.1 Å². The predicted octanol–water partition coefficient (Wildman–Crippen LogP) is 1.20. The van der Waals surface area contributed by atoms with Gasteiger partial charge in [-0.2, -0.15) is 10.1 Å². The van der Waals surface area contributed by atoms with E-state index in [0.29, 0.717) is 12.0 Å². The molecule has 7 nitrogen and oxygen atoms in total. The summed E-state index contributed by atoms with van der Waals surface area (Å²) in [4.78, 5) is 10.9. The van der Waals surface area contributed by atoms with Crippen LogP contribution in [-0.4, -0.2) is 42.4 Å². The summed E-state index contributed by atoms with van der Waals surface area (Å²) >= 11 is 0. The van der Waals surface area contributed by atoms with Gasteiger partial charge in [0.15, 0.2) is 5.82 Å². The van der Waals surface area contributed by atoms with Crippen LogP contribution >= 0.6 is 0 Å². The molecule has 7 heteroatoms. The van der Waals surface area contributed by atoms with Gasteiger partial charge in [0, 0.05) is 12.0 Å². The Morgan fingerprint density at radius 1 is 1.30 bits per heavy atom. The summed E-state index contributed by atoms with van der Waals surface area (Å²) in [7, 11) is 0. The second-order valence-electron chi connectivity index (χ2n) is 5.70. The third-order valence-corrected chi connectivity index (χ3v) is 4.13. The Labute approximate surface area is 117 Å². The standard InChI is InChI=1S/C13H18N6O/c1-2-11(6-19-9-14-8-15-19)18(5-1)7-12-16-13(17-20-12)10-3-4-10/h8-11H,1-7H2/t11-/m0/s1. The number of hydrogen-bond acceptors (Lipinski definition) is 6. The molecule has 2 aliphatic rings. The van der Waals surface area contributed by atoms with E-state index in [2.05, 4.69) is 25.1 Å². The van der Waals surface area contributed by atoms with Crippen LogP contribution in [0.25, 0.3) is 0 Å². The van der Waals surface area contributed by atoms with E-state index in [1.165, 1.54) is 25.7 Å². The van der Waals surface area contributed by atoms with Gasteiger partial charge in [0.25, 0.3) is 0 Å². The lowest BCUT2D eigenvalue weighted by molar-refractivity contribution is 0.191. The normalized spacial score (nSPS) is 23.5. The van der Waals surface area contributed by atoms with Crippen molar-refractivity contribution in [2.75, 3.05) is 6.54 Å². The molecule has 0 radical (unpaired) electrons. The van der Waals surface area contributed by atoms with Crippen LogP contribution in [0.1, 0.15) is 43.3 Å². The molecule has 0 bridgehead atoms. The van der Waals surface area contributed by atoms with Crippen molar-refractivity contribution in [1.82, 2.24) is 29.8 Å². The SMILES string of the molecule is c1ncn(C[C@@H]2CCCN2Cc2nc(C3CC3)no2)n1. The predicted molar refractivity (Wildman–Crippen MR) is 69.7 cm³/mol. The number of rotatable bonds is 5. The fourth-order valence-corrected chi connectivity index (χ4v) is 2.87. The third-order valence-electron chi connectivity index (χ3n) is 4.13. The highest BCUT2D eigenvalue weighted by Gasteiger charge is 2.30. The Bertz CT molecular complexity index is 561. The highest BCUT2D eigenvalue weighted by molar-refractivity contribution is 5.03. The number of hydrogen-bond donors (Lipinski definition) is 0. The van der Waals surface area contributed by atoms with Crippen molar-refractivity contribution >= 4 is 0 Å². The van der Waals surface area contributed by atoms with Crippen molar-refractivity contribution in [3.63, 3.8) is 0 Å². The van der Waals surface area contributed by atoms with Gasteiger partial charge in [-0.1, -0.05) is 5.16 Å². The molecule has 1 saturated carbocycles. The van der Waals surface area contributed by atoms with E-state index >= 15 is 0 Å². The highest BCUT2D eigenvalue weighted by Crippen LogP contribution is 2.38. The molecule has 0 aromatic carbocycles. The largest absolute Gasteiger partial charge is 0.338 e. The van der Waals surface area contributed by atoms with Gasteiger partial charge in [-0.25, -0.2) is 4.98 Å². The zero-order chi connectivity index (χ0) is 13.4. The molecule has 2 aromatic rings. The molecule has 0 N–H and O–H groups in total. The minimum absolute atomic E-state index is 0.480. The quantitative estimate of drug-likeness (QED) is 0.815. The van der Waals surface area contributed by atoms with Gasteiger partial charge < -0.3 is 4.52 Å². The Balaban J connectivity index is 1.40. The molecular formula is C13H18N6O. The summed E-state index contributed by atoms with van der Waals surface area (Å²) in [6.07, 6.45) is 8.16. The average Bonchev–Trinajstić information content (AvgIpc) is 2.88. The molecule has 0 unspecified atom stereocenters. The van der Waals surface area contributed by atoms with Crippen molar-refractivity contribution in [3.8, 4) is 0 Å². The van der Waals surface area contributed by atoms with Crippen LogP contribution in [0.3, 0.4) is 0 Å². The maximum atomic E-state index is 5.37. The monoisotopic (exact) mass is 274 g/mol. The fourth-order valence-electron chi connectivity index (χ4n) is 2.87. The van der Waals surface area contributed by atoms with E-state index < -0.39 is 0 Å². The molecule has 20 heavy (non-hydrogen) atoms. The molecule has 1 saturated heterocycles. The summed E-state index contributed by atoms with van der Waals surface area (Å²) in [6.45, 7) is 2.71. The molecule has 2 fully saturated rings. The average molecular weight is 274 g/mol. The topological polar surface area (TPSA) is 72.9 Å². The molecule has 106 valence electrons. The van der Waals surface area contributed by atoms with Crippen molar-refractivity contribution in [2.24, 2.45) is 0 Å². The van der Waals surface area contributed by atoms with Crippen molar-refractivity contribution in [2.45, 2.75) is 50.7 Å². The highest BCUT2D eigenvalue weighted by atomic mass is 16.5. The summed E-state index contributed by atoms with van der Waals surface area (Å²) in [6, 6.07) is 0.480. The zero-order valence-electron chi connectivity index (χ0n) is 11.4. The first-order valence-corrected chi connectivity index (χ1v) is 7.27. The second kappa shape index (κ2) is 4.97. The maximum Gasteiger partial charge on any atom is 0.240 e. The second-order valence-corrected chi connectivity index (χ2v) is 5.70. The molecular weight excluding hydrogens is 256 g/mol. The Morgan fingerprint density at radius 2 is 2.25 bits per heavy atom. The van der Waals surface area contributed by atoms with Gasteiger partial charge in [0.1, 0.15) is 12.7 Å². The lowest BCUT2D eigenvalue weighted by Gasteiger charge is -2.22. The summed E-state index contributed by atoms with van der Waals surface area (Å²) in [5.74, 6) is 2.20. The first kappa shape index (κ1) is 12.0. The first-order chi connectivity index (χ1) is 9.88. The first-order valence-electron chi connectivity index (χ1n) is 7.27. The van der Waals surface area contributed by atoms with E-state index in [0.717, 1.165) is 31.3 Å². The molecule has 0 spiro atoms. The van der Waals surface area contributed by atoms with E-state index in [1.54, 1.807) is 12.7 Å². The minimum Gasteiger partial charge on any atom is -0.338 e. The molecule has 3 heterocycles. The van der Waals surface area contributed by atoms with E-state index in [1.807, 2.05) is 4.68 Å². The van der Waals surface area contributed by atoms with Crippen LogP contribution in [0.2, 0.25) is 0 Å². The summed E-state index contributed by atoms with van der Waals surface area (Å²) in [5, 5.41) is 8.26. The molecule has 2 aromatic heterocycles. The lowest BCUT2D eigenvalue weighted by atomic mass is 10.2. The zero-order valence-corrected chi connectivity index (χ0v) is 11.4. The lowest BCUT2D eigenvalue weighted by Crippen LogP contribution is -2.32. The minimum atomic E-state index is 0.480. The molecule has 1 atom stereocenters. The van der Waals surface area contributed by atoms with Crippen LogP contribution in [0.15, 0.2) is 17.2 Å². The smallest absolute Gasteiger partial charge is 0.240 e. The summed E-state index contributed by atoms with van der Waals surface area (Å²) in [5.41, 5.74) is 0. The number of aromatic nitrogens is 5. The summed E-state index contributed by atoms with van der Waals surface area (Å²) < 4.78 is 7.27. The molecule has 0 amide bonds. The van der Waals surface area contributed by atoms with Gasteiger partial charge in [0.2, 0.25) is 5.89 Å². The Kier molecular flexibility index (Phi) is 2.99. The van der Waals surface area contributed by atoms with Crippen LogP contribution in [0, 0.1) is 0 Å². The van der Waals surface area contributed by atoms with Crippen LogP contribution in [0.5, 0.6) is 0 Å². The van der Waals surface area contributed by atoms with Gasteiger partial charge in [-0.15, -0.1) is 0 Å². The van der Waals surface area contributed by atoms with E-state index in [9.17, 15) is 0 Å². The molecule has 1 aliphatic heterocycles. The fraction of sp³-hybridized carbons (Fsp3) is 0.692. The Morgan fingerprint density at radius 3 is 3.05 bits per heavy atom. The van der Waals surface area contributed by atoms with E-state index in [-0.39, 0.29) is 0 Å². The number of likely N-dealkylation sites (tertiary alicyclic amines) is 1. The van der Waals surface area contributed by atoms with Crippen molar-refractivity contribution in [3.05, 3.63) is 24.4 Å². The molecule has 4 rings (SSSR count). The van der Waals surface area contributed by atoms with E-state index in [4.69, 9.17) is 4.52 Å². The van der Waals surface area contributed by atoms with Crippen molar-refractivity contribution < 1.29 is 4.52 Å². The number of nitrogens with zero attached hydrogens (tertiary/aromatic N) is 6. The maximum absolute atomic E-state index is 5.37. The van der Waals surface area contributed by atoms with Gasteiger partial charge in [0.05, 0.1) is 13.1 Å². The van der Waals surface area contributed by atoms with Crippen LogP contribution < -0.4 is 0 Å². The van der Waals surface area contributed by atoms with Gasteiger partial charge >= 0.3 is 0 Å². The van der Waals surface area contributed by atoms with Gasteiger partial charge in [-0.3, -0.25) is 9.58 Å². The molecule has 1 aliphatic carbocycles. The Hall–Kier alpha value is -1.76. The van der Waals surface area contributed by atoms with Gasteiger partial charge in [-0.05, 0) is 32.2 Å². The third kappa shape index (κ3) is 2.45. The van der Waals surface area contributed by atoms with Crippen LogP contribution in [0.4, 0.5) is 0 Å².